The summed E-state index contributed by atoms with van der Waals surface area (Å²) in [4.78, 5) is 21.3. The van der Waals surface area contributed by atoms with Crippen LogP contribution < -0.4 is 25.0 Å². The number of nitrogens with zero attached hydrogens (tertiary/aromatic N) is 3. The van der Waals surface area contributed by atoms with E-state index in [1.807, 2.05) is 6.07 Å². The predicted octanol–water partition coefficient (Wildman–Crippen LogP) is 3.47. The number of nitrogens with one attached hydrogen (secondary N) is 3. The number of rotatable bonds is 9. The summed E-state index contributed by atoms with van der Waals surface area (Å²) in [6.45, 7) is 0.117. The van der Waals surface area contributed by atoms with Gasteiger partial charge in [0.25, 0.3) is 0 Å². The Morgan fingerprint density at radius 1 is 1.00 bits per heavy atom. The Kier molecular flexibility index (Phi) is 7.51. The summed E-state index contributed by atoms with van der Waals surface area (Å²) >= 11 is -2.76. The monoisotopic (exact) mass is 491 g/mol. The third-order valence-electron chi connectivity index (χ3n) is 4.93. The molecule has 10 nitrogen and oxygen atoms in total. The summed E-state index contributed by atoms with van der Waals surface area (Å²) in [5.41, 5.74) is 2.46. The number of hydrogen-bond acceptors (Lipinski definition) is 8. The molecule has 180 valence electrons. The van der Waals surface area contributed by atoms with Crippen molar-refractivity contribution in [2.24, 2.45) is 0 Å². The number of anilines is 5. The first-order chi connectivity index (χ1) is 17.0. The first-order valence-corrected chi connectivity index (χ1v) is 11.6. The van der Waals surface area contributed by atoms with E-state index in [0.29, 0.717) is 28.2 Å². The van der Waals surface area contributed by atoms with Crippen molar-refractivity contribution in [2.75, 3.05) is 35.6 Å². The van der Waals surface area contributed by atoms with Gasteiger partial charge in [-0.15, -0.1) is 0 Å². The molecule has 0 saturated heterocycles. The van der Waals surface area contributed by atoms with Crippen LogP contribution in [0.5, 0.6) is 5.75 Å². The van der Waals surface area contributed by atoms with E-state index in [4.69, 9.17) is 4.74 Å². The third-order valence-corrected chi connectivity index (χ3v) is 5.61. The number of likely N-dealkylation sites (N-methyl/N-ethyl adjacent to an activating group) is 1. The van der Waals surface area contributed by atoms with Crippen LogP contribution in [-0.2, 0) is 16.1 Å². The molecule has 1 heterocycles. The maximum atomic E-state index is 12.5. The van der Waals surface area contributed by atoms with Crippen LogP contribution in [0.1, 0.15) is 0 Å². The number of carbonyl (C=O) groups is 1. The Labute approximate surface area is 204 Å². The average molecular weight is 492 g/mol. The van der Waals surface area contributed by atoms with E-state index in [-0.39, 0.29) is 29.8 Å². The third kappa shape index (κ3) is 5.72. The Hall–Kier alpha value is -4.06. The van der Waals surface area contributed by atoms with Crippen LogP contribution in [0.25, 0.3) is 11.0 Å². The Morgan fingerprint density at radius 3 is 2.43 bits per heavy atom. The van der Waals surface area contributed by atoms with Gasteiger partial charge in [-0.3, -0.25) is 13.3 Å². The maximum Gasteiger partial charge on any atom is 0.238 e. The van der Waals surface area contributed by atoms with E-state index < -0.39 is 11.3 Å². The van der Waals surface area contributed by atoms with E-state index in [2.05, 4.69) is 25.9 Å². The molecule has 0 spiro atoms. The average Bonchev–Trinajstić information content (AvgIpc) is 2.85. The fourth-order valence-electron chi connectivity index (χ4n) is 3.41. The van der Waals surface area contributed by atoms with Gasteiger partial charge in [0.15, 0.2) is 11.6 Å². The van der Waals surface area contributed by atoms with Gasteiger partial charge in [0.2, 0.25) is 5.91 Å². The number of aromatic nitrogens is 2. The molecule has 3 N–H and O–H groups in total. The van der Waals surface area contributed by atoms with Gasteiger partial charge in [0, 0.05) is 17.4 Å². The Bertz CT molecular complexity index is 1380. The molecule has 1 aromatic heterocycles. The fraction of sp³-hybridized carbons (Fsp3) is 0.125. The Balaban J connectivity index is 1.81. The molecular formula is C24H23N6O4S-. The lowest BCUT2D eigenvalue weighted by molar-refractivity contribution is -0.115. The molecule has 0 aliphatic carbocycles. The van der Waals surface area contributed by atoms with Crippen molar-refractivity contribution in [3.63, 3.8) is 0 Å². The second kappa shape index (κ2) is 10.9. The molecule has 0 radical (unpaired) electrons. The predicted molar refractivity (Wildman–Crippen MR) is 136 cm³/mol. The summed E-state index contributed by atoms with van der Waals surface area (Å²) < 4.78 is 31.3. The van der Waals surface area contributed by atoms with Crippen molar-refractivity contribution in [3.05, 3.63) is 72.8 Å². The topological polar surface area (TPSA) is 132 Å². The number of para-hydroxylation sites is 2. The highest BCUT2D eigenvalue weighted by Crippen LogP contribution is 2.35. The minimum atomic E-state index is -2.76. The smallest absolute Gasteiger partial charge is 0.238 e. The van der Waals surface area contributed by atoms with Gasteiger partial charge in [0.05, 0.1) is 41.6 Å². The van der Waals surface area contributed by atoms with Crippen LogP contribution in [0.4, 0.5) is 28.7 Å². The Morgan fingerprint density at radius 2 is 1.71 bits per heavy atom. The van der Waals surface area contributed by atoms with E-state index >= 15 is 0 Å². The molecule has 0 aliphatic heterocycles. The van der Waals surface area contributed by atoms with Gasteiger partial charge in [-0.2, -0.15) is 0 Å². The number of ether oxygens (including phenoxy) is 1. The van der Waals surface area contributed by atoms with Crippen LogP contribution in [0.3, 0.4) is 0 Å². The van der Waals surface area contributed by atoms with Crippen molar-refractivity contribution < 1.29 is 18.3 Å². The minimum absolute atomic E-state index is 0.0681. The zero-order valence-electron chi connectivity index (χ0n) is 19.0. The molecule has 0 bridgehead atoms. The minimum Gasteiger partial charge on any atom is -0.755 e. The quantitative estimate of drug-likeness (QED) is 0.303. The van der Waals surface area contributed by atoms with Crippen molar-refractivity contribution >= 4 is 56.9 Å². The SMILES string of the molecule is CNCC(=O)Nc1cccc(N(c2nc3ccccc3nc2Nc2cccc(OC)c2)S(=O)[O-])c1. The summed E-state index contributed by atoms with van der Waals surface area (Å²) in [7, 11) is 3.22. The molecule has 11 heteroatoms. The van der Waals surface area contributed by atoms with E-state index in [0.717, 1.165) is 4.31 Å². The molecular weight excluding hydrogens is 468 g/mol. The highest BCUT2D eigenvalue weighted by Gasteiger charge is 2.20. The van der Waals surface area contributed by atoms with Crippen LogP contribution >= 0.6 is 0 Å². The van der Waals surface area contributed by atoms with Gasteiger partial charge < -0.3 is 25.2 Å². The second-order valence-electron chi connectivity index (χ2n) is 7.38. The lowest BCUT2D eigenvalue weighted by Gasteiger charge is -2.27. The summed E-state index contributed by atoms with van der Waals surface area (Å²) in [5.74, 6) is 0.661. The molecule has 1 unspecified atom stereocenters. The molecule has 35 heavy (non-hydrogen) atoms. The molecule has 4 aromatic rings. The normalized spacial score (nSPS) is 11.6. The maximum absolute atomic E-state index is 12.5. The number of hydrogen-bond donors (Lipinski definition) is 3. The molecule has 1 atom stereocenters. The van der Waals surface area contributed by atoms with Crippen LogP contribution in [0.15, 0.2) is 72.8 Å². The molecule has 0 saturated carbocycles. The number of methoxy groups -OCH3 is 1. The van der Waals surface area contributed by atoms with E-state index in [1.165, 1.54) is 0 Å². The van der Waals surface area contributed by atoms with Crippen LogP contribution in [0.2, 0.25) is 0 Å². The molecule has 1 amide bonds. The van der Waals surface area contributed by atoms with E-state index in [1.54, 1.807) is 80.9 Å². The number of carbonyl (C=O) groups excluding carboxylic acids is 1. The van der Waals surface area contributed by atoms with Crippen LogP contribution in [-0.4, -0.2) is 45.3 Å². The molecule has 3 aromatic carbocycles. The van der Waals surface area contributed by atoms with Gasteiger partial charge in [-0.25, -0.2) is 9.97 Å². The summed E-state index contributed by atoms with van der Waals surface area (Å²) in [6.07, 6.45) is 0. The van der Waals surface area contributed by atoms with Crippen molar-refractivity contribution in [1.82, 2.24) is 15.3 Å². The van der Waals surface area contributed by atoms with Gasteiger partial charge in [-0.1, -0.05) is 24.3 Å². The summed E-state index contributed by atoms with van der Waals surface area (Å²) in [5, 5.41) is 8.66. The number of fused-ring (bicyclic) bond motifs is 1. The molecule has 0 aliphatic rings. The number of amides is 1. The van der Waals surface area contributed by atoms with Gasteiger partial charge in [-0.05, 0) is 49.5 Å². The fourth-order valence-corrected chi connectivity index (χ4v) is 3.96. The molecule has 0 fully saturated rings. The zero-order chi connectivity index (χ0) is 24.8. The highest BCUT2D eigenvalue weighted by atomic mass is 32.2. The van der Waals surface area contributed by atoms with Crippen molar-refractivity contribution in [2.45, 2.75) is 0 Å². The first-order valence-electron chi connectivity index (χ1n) is 10.6. The van der Waals surface area contributed by atoms with Crippen LogP contribution in [0, 0.1) is 0 Å². The number of benzene rings is 3. The largest absolute Gasteiger partial charge is 0.755 e. The lowest BCUT2D eigenvalue weighted by Crippen LogP contribution is -2.25. The van der Waals surface area contributed by atoms with Crippen molar-refractivity contribution in [1.29, 1.82) is 0 Å². The summed E-state index contributed by atoms with van der Waals surface area (Å²) in [6, 6.07) is 20.8. The standard InChI is InChI=1S/C24H24N6O4S/c1-25-15-22(31)26-16-7-5-9-18(13-16)30(35(32)33)24-23(27-17-8-6-10-19(14-17)34-2)28-20-11-3-4-12-21(20)29-24/h3-14,25H,15H2,1-2H3,(H,26,31)(H,27,28)(H,32,33)/p-1. The van der Waals surface area contributed by atoms with Gasteiger partial charge in [0.1, 0.15) is 5.75 Å². The van der Waals surface area contributed by atoms with Crippen molar-refractivity contribution in [3.8, 4) is 5.75 Å². The molecule has 4 rings (SSSR count). The van der Waals surface area contributed by atoms with E-state index in [9.17, 15) is 13.6 Å². The van der Waals surface area contributed by atoms with Gasteiger partial charge >= 0.3 is 0 Å². The zero-order valence-corrected chi connectivity index (χ0v) is 19.8. The highest BCUT2D eigenvalue weighted by molar-refractivity contribution is 7.81. The lowest BCUT2D eigenvalue weighted by atomic mass is 10.2. The first kappa shape index (κ1) is 24.1. The second-order valence-corrected chi connectivity index (χ2v) is 8.18.